The third-order valence-electron chi connectivity index (χ3n) is 5.93. The summed E-state index contributed by atoms with van der Waals surface area (Å²) in [4.78, 5) is 5.50. The Labute approximate surface area is 200 Å². The van der Waals surface area contributed by atoms with E-state index in [2.05, 4.69) is 35.9 Å². The van der Waals surface area contributed by atoms with Crippen LogP contribution in [0, 0.1) is 0 Å². The zero-order valence-corrected chi connectivity index (χ0v) is 20.1. The monoisotopic (exact) mass is 530 g/mol. The predicted molar refractivity (Wildman–Crippen MR) is 122 cm³/mol. The van der Waals surface area contributed by atoms with Crippen molar-refractivity contribution in [3.63, 3.8) is 0 Å². The first-order chi connectivity index (χ1) is 16.5. The summed E-state index contributed by atoms with van der Waals surface area (Å²) in [5, 5.41) is 32.5. The van der Waals surface area contributed by atoms with Gasteiger partial charge in [-0.3, -0.25) is 4.99 Å². The molecule has 17 nitrogen and oxygen atoms in total. The zero-order chi connectivity index (χ0) is 25.4. The van der Waals surface area contributed by atoms with Gasteiger partial charge in [-0.05, 0) is 45.8 Å². The molecule has 0 saturated carbocycles. The number of hydrogen-bond donors (Lipinski definition) is 6. The minimum absolute atomic E-state index is 0.203. The predicted octanol–water partition coefficient (Wildman–Crippen LogP) is -4.44. The standard InChI is InChI=1S/C16H26N12O5S2/c17-7-10(29)8-21-35(32,33)12-2-1-11(13(14(12)34(19,30)31)28-25-23-24-26-28)27-5-3-16(4-6-27)9-20-15(18)22-16/h1-2,10,21,29H,3-9,17H2,(H3,18,20,22)(H2,19,30,31)/t10-/m1/s1. The van der Waals surface area contributed by atoms with Crippen molar-refractivity contribution < 1.29 is 21.9 Å². The Hall–Kier alpha value is -2.97. The molecule has 1 fully saturated rings. The molecule has 1 atom stereocenters. The van der Waals surface area contributed by atoms with E-state index in [4.69, 9.17) is 16.6 Å². The van der Waals surface area contributed by atoms with Gasteiger partial charge >= 0.3 is 0 Å². The molecular weight excluding hydrogens is 504 g/mol. The average Bonchev–Trinajstić information content (AvgIpc) is 3.47. The van der Waals surface area contributed by atoms with E-state index in [9.17, 15) is 21.9 Å². The molecule has 0 aliphatic carbocycles. The summed E-state index contributed by atoms with van der Waals surface area (Å²) >= 11 is 0. The Bertz CT molecular complexity index is 1320. The van der Waals surface area contributed by atoms with Gasteiger partial charge in [-0.1, -0.05) is 0 Å². The van der Waals surface area contributed by atoms with Gasteiger partial charge in [0.2, 0.25) is 20.0 Å². The van der Waals surface area contributed by atoms with Gasteiger partial charge < -0.3 is 26.8 Å². The highest BCUT2D eigenvalue weighted by molar-refractivity contribution is 7.92. The maximum absolute atomic E-state index is 13.0. The molecule has 1 aromatic heterocycles. The van der Waals surface area contributed by atoms with Crippen molar-refractivity contribution in [3.8, 4) is 5.69 Å². The van der Waals surface area contributed by atoms with Crippen LogP contribution in [-0.2, 0) is 20.0 Å². The number of rotatable bonds is 8. The fraction of sp³-hybridized carbons (Fsp3) is 0.562. The van der Waals surface area contributed by atoms with Crippen LogP contribution in [0.1, 0.15) is 12.8 Å². The second-order valence-electron chi connectivity index (χ2n) is 8.29. The molecule has 0 radical (unpaired) electrons. The summed E-state index contributed by atoms with van der Waals surface area (Å²) in [7, 11) is -9.10. The van der Waals surface area contributed by atoms with Crippen LogP contribution in [0.2, 0.25) is 0 Å². The first-order valence-corrected chi connectivity index (χ1v) is 13.5. The van der Waals surface area contributed by atoms with Crippen LogP contribution in [0.3, 0.4) is 0 Å². The lowest BCUT2D eigenvalue weighted by molar-refractivity contribution is 0.186. The fourth-order valence-electron chi connectivity index (χ4n) is 4.11. The SMILES string of the molecule is NC[C@@H](O)CNS(=O)(=O)c1ccc(N2CCC3(CC2)CN=C(N)N3)c(-n2nnnn2)c1S(N)(=O)=O. The number of primary sulfonamides is 1. The van der Waals surface area contributed by atoms with Gasteiger partial charge in [0.05, 0.1) is 23.9 Å². The molecule has 2 aliphatic heterocycles. The summed E-state index contributed by atoms with van der Waals surface area (Å²) < 4.78 is 53.6. The van der Waals surface area contributed by atoms with Crippen molar-refractivity contribution in [1.82, 2.24) is 35.7 Å². The number of nitrogens with two attached hydrogens (primary N) is 3. The molecule has 1 aromatic carbocycles. The largest absolute Gasteiger partial charge is 0.390 e. The number of nitrogens with one attached hydrogen (secondary N) is 2. The van der Waals surface area contributed by atoms with E-state index in [1.54, 1.807) is 0 Å². The first-order valence-electron chi connectivity index (χ1n) is 10.5. The quantitative estimate of drug-likeness (QED) is 0.188. The summed E-state index contributed by atoms with van der Waals surface area (Å²) in [6, 6.07) is 2.56. The lowest BCUT2D eigenvalue weighted by Crippen LogP contribution is -2.55. The molecular formula is C16H26N12O5S2. The van der Waals surface area contributed by atoms with E-state index in [0.717, 1.165) is 10.9 Å². The number of anilines is 1. The second kappa shape index (κ2) is 9.24. The van der Waals surface area contributed by atoms with E-state index in [-0.39, 0.29) is 17.8 Å². The van der Waals surface area contributed by atoms with Crippen molar-refractivity contribution >= 4 is 31.7 Å². The van der Waals surface area contributed by atoms with Crippen molar-refractivity contribution in [1.29, 1.82) is 0 Å². The Morgan fingerprint density at radius 1 is 1.17 bits per heavy atom. The van der Waals surface area contributed by atoms with Crippen LogP contribution in [0.15, 0.2) is 26.9 Å². The molecule has 19 heteroatoms. The maximum Gasteiger partial charge on any atom is 0.242 e. The highest BCUT2D eigenvalue weighted by Gasteiger charge is 2.40. The van der Waals surface area contributed by atoms with Crippen molar-refractivity contribution in [2.24, 2.45) is 21.6 Å². The minimum Gasteiger partial charge on any atom is -0.390 e. The third kappa shape index (κ3) is 5.04. The molecule has 2 aromatic rings. The first kappa shape index (κ1) is 25.1. The number of guanidine groups is 1. The molecule has 4 rings (SSSR count). The molecule has 1 saturated heterocycles. The molecule has 9 N–H and O–H groups in total. The van der Waals surface area contributed by atoms with Crippen molar-refractivity contribution in [3.05, 3.63) is 12.1 Å². The summed E-state index contributed by atoms with van der Waals surface area (Å²) in [6.45, 7) is 0.804. The second-order valence-corrected chi connectivity index (χ2v) is 11.5. The van der Waals surface area contributed by atoms with E-state index in [1.165, 1.54) is 6.07 Å². The number of aliphatic hydroxyl groups excluding tert-OH is 1. The summed E-state index contributed by atoms with van der Waals surface area (Å²) in [5.41, 5.74) is 10.9. The number of benzene rings is 1. The Morgan fingerprint density at radius 2 is 1.83 bits per heavy atom. The average molecular weight is 531 g/mol. The Balaban J connectivity index is 1.79. The number of aliphatic hydroxyl groups is 1. The highest BCUT2D eigenvalue weighted by Crippen LogP contribution is 2.37. The van der Waals surface area contributed by atoms with E-state index >= 15 is 0 Å². The molecule has 2 aliphatic rings. The molecule has 35 heavy (non-hydrogen) atoms. The van der Waals surface area contributed by atoms with Gasteiger partial charge in [-0.2, -0.15) is 0 Å². The van der Waals surface area contributed by atoms with Gasteiger partial charge in [0, 0.05) is 26.2 Å². The number of aromatic nitrogens is 5. The van der Waals surface area contributed by atoms with Gasteiger partial charge in [-0.15, -0.1) is 4.80 Å². The summed E-state index contributed by atoms with van der Waals surface area (Å²) in [6.07, 6.45) is 0.0804. The lowest BCUT2D eigenvalue weighted by Gasteiger charge is -2.40. The van der Waals surface area contributed by atoms with Crippen molar-refractivity contribution in [2.45, 2.75) is 34.3 Å². The third-order valence-corrected chi connectivity index (χ3v) is 8.50. The fourth-order valence-corrected chi connectivity index (χ4v) is 6.75. The molecule has 1 spiro atoms. The van der Waals surface area contributed by atoms with Gasteiger partial charge in [0.25, 0.3) is 0 Å². The number of hydrogen-bond acceptors (Lipinski definition) is 14. The zero-order valence-electron chi connectivity index (χ0n) is 18.4. The molecule has 0 unspecified atom stereocenters. The van der Waals surface area contributed by atoms with Gasteiger partial charge in [0.1, 0.15) is 15.5 Å². The van der Waals surface area contributed by atoms with Crippen LogP contribution in [0.4, 0.5) is 5.69 Å². The summed E-state index contributed by atoms with van der Waals surface area (Å²) in [5.74, 6) is 0.371. The normalized spacial score (nSPS) is 18.9. The van der Waals surface area contributed by atoms with Crippen LogP contribution in [0.25, 0.3) is 5.69 Å². The number of sulfonamides is 2. The number of piperidine rings is 1. The van der Waals surface area contributed by atoms with E-state index in [0.29, 0.717) is 44.1 Å². The van der Waals surface area contributed by atoms with Crippen LogP contribution >= 0.6 is 0 Å². The van der Waals surface area contributed by atoms with Gasteiger partial charge in [0.15, 0.2) is 5.96 Å². The Morgan fingerprint density at radius 3 is 2.37 bits per heavy atom. The van der Waals surface area contributed by atoms with Gasteiger partial charge in [-0.25, -0.2) is 26.7 Å². The topological polar surface area (TPSA) is 263 Å². The van der Waals surface area contributed by atoms with Crippen LogP contribution in [-0.4, -0.2) is 97.9 Å². The van der Waals surface area contributed by atoms with E-state index < -0.39 is 42.5 Å². The lowest BCUT2D eigenvalue weighted by atomic mass is 9.88. The van der Waals surface area contributed by atoms with Crippen LogP contribution < -0.4 is 31.5 Å². The van der Waals surface area contributed by atoms with Crippen molar-refractivity contribution in [2.75, 3.05) is 37.6 Å². The molecule has 0 bridgehead atoms. The highest BCUT2D eigenvalue weighted by atomic mass is 32.2. The maximum atomic E-state index is 13.0. The Kier molecular flexibility index (Phi) is 6.64. The van der Waals surface area contributed by atoms with E-state index in [1.807, 2.05) is 4.90 Å². The number of aliphatic imine (C=N–C) groups is 1. The number of nitrogens with zero attached hydrogens (tertiary/aromatic N) is 7. The molecule has 3 heterocycles. The molecule has 192 valence electrons. The smallest absolute Gasteiger partial charge is 0.242 e. The minimum atomic E-state index is -4.64. The van der Waals surface area contributed by atoms with Crippen LogP contribution in [0.5, 0.6) is 0 Å². The molecule has 0 amide bonds.